The van der Waals surface area contributed by atoms with Crippen LogP contribution in [0, 0.1) is 22.7 Å². The standard InChI is InChI=1S/C19H36O2/c1-7-11-20-14(3)17-16-9-10-18(5,13-16)19(17,6)15(4)21-12-8-2/h14-17H,7-13H2,1-6H3. The van der Waals surface area contributed by atoms with Crippen LogP contribution in [0.2, 0.25) is 0 Å². The van der Waals surface area contributed by atoms with Crippen LogP contribution in [-0.2, 0) is 9.47 Å². The molecule has 0 N–H and O–H groups in total. The van der Waals surface area contributed by atoms with Crippen LogP contribution in [0.5, 0.6) is 0 Å². The van der Waals surface area contributed by atoms with E-state index in [1.54, 1.807) is 0 Å². The van der Waals surface area contributed by atoms with E-state index in [0.717, 1.165) is 32.0 Å². The maximum absolute atomic E-state index is 6.23. The topological polar surface area (TPSA) is 18.5 Å². The molecule has 0 aliphatic heterocycles. The highest BCUT2D eigenvalue weighted by atomic mass is 16.5. The Morgan fingerprint density at radius 3 is 2.29 bits per heavy atom. The SMILES string of the molecule is CCCOC(C)C1C2CCC(C)(C2)C1(C)C(C)OCCC. The molecule has 2 bridgehead atoms. The van der Waals surface area contributed by atoms with Gasteiger partial charge in [-0.15, -0.1) is 0 Å². The molecule has 0 aromatic rings. The second-order valence-electron chi connectivity index (χ2n) is 7.96. The lowest BCUT2D eigenvalue weighted by Crippen LogP contribution is -2.52. The van der Waals surface area contributed by atoms with Crippen molar-refractivity contribution in [1.29, 1.82) is 0 Å². The first-order chi connectivity index (χ1) is 9.90. The van der Waals surface area contributed by atoms with E-state index in [-0.39, 0.29) is 5.41 Å². The summed E-state index contributed by atoms with van der Waals surface area (Å²) in [5.74, 6) is 1.48. The highest BCUT2D eigenvalue weighted by molar-refractivity contribution is 5.14. The van der Waals surface area contributed by atoms with E-state index in [4.69, 9.17) is 9.47 Å². The highest BCUT2D eigenvalue weighted by Gasteiger charge is 2.65. The Hall–Kier alpha value is -0.0800. The summed E-state index contributed by atoms with van der Waals surface area (Å²) in [4.78, 5) is 0. The molecule has 2 rings (SSSR count). The predicted octanol–water partition coefficient (Wildman–Crippen LogP) is 5.06. The quantitative estimate of drug-likeness (QED) is 0.623. The van der Waals surface area contributed by atoms with Gasteiger partial charge in [0.05, 0.1) is 12.2 Å². The third kappa shape index (κ3) is 2.79. The number of rotatable bonds is 8. The predicted molar refractivity (Wildman–Crippen MR) is 88.5 cm³/mol. The molecule has 0 spiro atoms. The molecule has 6 unspecified atom stereocenters. The molecule has 0 radical (unpaired) electrons. The third-order valence-electron chi connectivity index (χ3n) is 6.79. The van der Waals surface area contributed by atoms with Gasteiger partial charge in [-0.3, -0.25) is 0 Å². The van der Waals surface area contributed by atoms with Crippen molar-refractivity contribution in [2.24, 2.45) is 22.7 Å². The number of ether oxygens (including phenoxy) is 2. The summed E-state index contributed by atoms with van der Waals surface area (Å²) in [6, 6.07) is 0. The van der Waals surface area contributed by atoms with Gasteiger partial charge in [-0.1, -0.05) is 27.7 Å². The van der Waals surface area contributed by atoms with Gasteiger partial charge in [-0.2, -0.15) is 0 Å². The molecule has 0 aromatic heterocycles. The first-order valence-corrected chi connectivity index (χ1v) is 9.14. The average molecular weight is 296 g/mol. The summed E-state index contributed by atoms with van der Waals surface area (Å²) < 4.78 is 12.4. The number of hydrogen-bond donors (Lipinski definition) is 0. The van der Waals surface area contributed by atoms with Gasteiger partial charge in [0.25, 0.3) is 0 Å². The Bertz CT molecular complexity index is 342. The van der Waals surface area contributed by atoms with Gasteiger partial charge >= 0.3 is 0 Å². The fraction of sp³-hybridized carbons (Fsp3) is 1.00. The van der Waals surface area contributed by atoms with Crippen molar-refractivity contribution in [3.63, 3.8) is 0 Å². The smallest absolute Gasteiger partial charge is 0.0609 e. The maximum atomic E-state index is 6.23. The van der Waals surface area contributed by atoms with Gasteiger partial charge in [0.2, 0.25) is 0 Å². The zero-order valence-electron chi connectivity index (χ0n) is 15.1. The maximum Gasteiger partial charge on any atom is 0.0609 e. The summed E-state index contributed by atoms with van der Waals surface area (Å²) in [6.07, 6.45) is 7.01. The zero-order chi connectivity index (χ0) is 15.7. The van der Waals surface area contributed by atoms with Crippen molar-refractivity contribution >= 4 is 0 Å². The lowest BCUT2D eigenvalue weighted by Gasteiger charge is -2.52. The highest BCUT2D eigenvalue weighted by Crippen LogP contribution is 2.69. The van der Waals surface area contributed by atoms with Gasteiger partial charge < -0.3 is 9.47 Å². The third-order valence-corrected chi connectivity index (χ3v) is 6.79. The summed E-state index contributed by atoms with van der Waals surface area (Å²) in [7, 11) is 0. The molecular formula is C19H36O2. The van der Waals surface area contributed by atoms with Crippen LogP contribution < -0.4 is 0 Å². The largest absolute Gasteiger partial charge is 0.378 e. The second kappa shape index (κ2) is 6.58. The molecular weight excluding hydrogens is 260 g/mol. The minimum atomic E-state index is 0.248. The van der Waals surface area contributed by atoms with E-state index in [1.165, 1.54) is 19.3 Å². The van der Waals surface area contributed by atoms with Crippen LogP contribution in [0.25, 0.3) is 0 Å². The van der Waals surface area contributed by atoms with Crippen molar-refractivity contribution in [2.45, 2.75) is 85.9 Å². The Morgan fingerprint density at radius 1 is 1.05 bits per heavy atom. The molecule has 6 atom stereocenters. The first kappa shape index (κ1) is 17.3. The fourth-order valence-electron chi connectivity index (χ4n) is 5.48. The van der Waals surface area contributed by atoms with Gasteiger partial charge in [-0.05, 0) is 63.2 Å². The lowest BCUT2D eigenvalue weighted by atomic mass is 9.56. The van der Waals surface area contributed by atoms with Crippen LogP contribution in [0.1, 0.15) is 73.6 Å². The normalized spacial score (nSPS) is 41.4. The van der Waals surface area contributed by atoms with E-state index in [9.17, 15) is 0 Å². The minimum absolute atomic E-state index is 0.248. The molecule has 21 heavy (non-hydrogen) atoms. The molecule has 0 saturated heterocycles. The lowest BCUT2D eigenvalue weighted by molar-refractivity contribution is -0.143. The zero-order valence-corrected chi connectivity index (χ0v) is 15.1. The fourth-order valence-corrected chi connectivity index (χ4v) is 5.48. The van der Waals surface area contributed by atoms with Crippen LogP contribution in [0.15, 0.2) is 0 Å². The van der Waals surface area contributed by atoms with Crippen LogP contribution in [0.4, 0.5) is 0 Å². The van der Waals surface area contributed by atoms with E-state index in [0.29, 0.717) is 23.5 Å². The summed E-state index contributed by atoms with van der Waals surface area (Å²) in [5.41, 5.74) is 0.678. The van der Waals surface area contributed by atoms with Gasteiger partial charge in [0.1, 0.15) is 0 Å². The summed E-state index contributed by atoms with van der Waals surface area (Å²) >= 11 is 0. The number of hydrogen-bond acceptors (Lipinski definition) is 2. The summed E-state index contributed by atoms with van der Waals surface area (Å²) in [6.45, 7) is 15.8. The van der Waals surface area contributed by atoms with Crippen LogP contribution in [0.3, 0.4) is 0 Å². The van der Waals surface area contributed by atoms with E-state index in [1.807, 2.05) is 0 Å². The van der Waals surface area contributed by atoms with Gasteiger partial charge in [0.15, 0.2) is 0 Å². The first-order valence-electron chi connectivity index (χ1n) is 9.14. The molecule has 2 nitrogen and oxygen atoms in total. The van der Waals surface area contributed by atoms with E-state index in [2.05, 4.69) is 41.5 Å². The molecule has 0 heterocycles. The van der Waals surface area contributed by atoms with Crippen molar-refractivity contribution in [3.8, 4) is 0 Å². The monoisotopic (exact) mass is 296 g/mol. The van der Waals surface area contributed by atoms with E-state index < -0.39 is 0 Å². The van der Waals surface area contributed by atoms with Crippen molar-refractivity contribution in [3.05, 3.63) is 0 Å². The Morgan fingerprint density at radius 2 is 1.67 bits per heavy atom. The molecule has 0 amide bonds. The molecule has 2 saturated carbocycles. The van der Waals surface area contributed by atoms with Gasteiger partial charge in [-0.25, -0.2) is 0 Å². The number of fused-ring (bicyclic) bond motifs is 2. The Balaban J connectivity index is 2.20. The molecule has 124 valence electrons. The Labute approximate surface area is 132 Å². The van der Waals surface area contributed by atoms with E-state index >= 15 is 0 Å². The molecule has 2 aliphatic carbocycles. The van der Waals surface area contributed by atoms with Crippen molar-refractivity contribution < 1.29 is 9.47 Å². The second-order valence-corrected chi connectivity index (χ2v) is 7.96. The molecule has 2 fully saturated rings. The average Bonchev–Trinajstić information content (AvgIpc) is 2.94. The summed E-state index contributed by atoms with van der Waals surface area (Å²) in [5, 5.41) is 0. The van der Waals surface area contributed by atoms with Crippen molar-refractivity contribution in [1.82, 2.24) is 0 Å². The molecule has 0 aromatic carbocycles. The van der Waals surface area contributed by atoms with Crippen molar-refractivity contribution in [2.75, 3.05) is 13.2 Å². The van der Waals surface area contributed by atoms with Gasteiger partial charge in [0, 0.05) is 18.6 Å². The minimum Gasteiger partial charge on any atom is -0.378 e. The van der Waals surface area contributed by atoms with Crippen LogP contribution >= 0.6 is 0 Å². The van der Waals surface area contributed by atoms with Crippen LogP contribution in [-0.4, -0.2) is 25.4 Å². The molecule has 2 heteroatoms. The molecule has 2 aliphatic rings. The Kier molecular flexibility index (Phi) is 5.41.